The highest BCUT2D eigenvalue weighted by atomic mass is 35.5. The topological polar surface area (TPSA) is 71.4 Å². The van der Waals surface area contributed by atoms with Gasteiger partial charge in [0.2, 0.25) is 0 Å². The van der Waals surface area contributed by atoms with Gasteiger partial charge in [0.25, 0.3) is 0 Å². The quantitative estimate of drug-likeness (QED) is 0.302. The smallest absolute Gasteiger partial charge is 0.303 e. The number of carboxylic acid groups (broad SMARTS) is 1. The molecule has 0 aromatic heterocycles. The lowest BCUT2D eigenvalue weighted by Gasteiger charge is -2.14. The van der Waals surface area contributed by atoms with E-state index in [-0.39, 0.29) is 29.8 Å². The molecule has 2 atom stereocenters. The fraction of sp³-hybridized carbons (Fsp3) is 0.476. The Labute approximate surface area is 169 Å². The van der Waals surface area contributed by atoms with Crippen molar-refractivity contribution >= 4 is 40.7 Å². The highest BCUT2D eigenvalue weighted by Gasteiger charge is 2.32. The van der Waals surface area contributed by atoms with Crippen LogP contribution in [-0.4, -0.2) is 22.6 Å². The van der Waals surface area contributed by atoms with Gasteiger partial charge in [-0.1, -0.05) is 48.5 Å². The molecular weight excluding hydrogens is 387 g/mol. The van der Waals surface area contributed by atoms with Gasteiger partial charge in [-0.15, -0.1) is 0 Å². The molecule has 0 bridgehead atoms. The van der Waals surface area contributed by atoms with Crippen LogP contribution in [0.2, 0.25) is 10.0 Å². The number of unbranched alkanes of at least 4 members (excludes halogenated alkanes) is 3. The molecule has 0 unspecified atom stereocenters. The molecule has 1 fully saturated rings. The van der Waals surface area contributed by atoms with Crippen molar-refractivity contribution in [2.75, 3.05) is 0 Å². The third-order valence-corrected chi connectivity index (χ3v) is 5.75. The summed E-state index contributed by atoms with van der Waals surface area (Å²) in [4.78, 5) is 35.0. The van der Waals surface area contributed by atoms with Gasteiger partial charge >= 0.3 is 5.97 Å². The van der Waals surface area contributed by atoms with Crippen LogP contribution in [0.15, 0.2) is 30.4 Å². The molecule has 0 spiro atoms. The number of hydrogen-bond acceptors (Lipinski definition) is 3. The number of aliphatic carboxylic acids is 1. The molecule has 4 nitrogen and oxygen atoms in total. The van der Waals surface area contributed by atoms with E-state index >= 15 is 0 Å². The molecule has 1 aromatic rings. The van der Waals surface area contributed by atoms with Gasteiger partial charge in [-0.25, -0.2) is 0 Å². The standard InChI is InChI=1S/C21H24Cl2O4/c22-17-10-7-15(13-18(17)23)19(24)11-8-14-9-12-20(25)16(14)5-3-1-2-4-6-21(26)27/h7-8,10-11,13-14,16H,1-6,9,12H2,(H,26,27)/t14-,16+/m1/s1. The maximum absolute atomic E-state index is 12.3. The van der Waals surface area contributed by atoms with Crippen LogP contribution in [0.4, 0.5) is 0 Å². The normalized spacial score (nSPS) is 19.7. The number of allylic oxidation sites excluding steroid dienone is 2. The molecule has 0 heterocycles. The summed E-state index contributed by atoms with van der Waals surface area (Å²) in [6.07, 6.45) is 9.07. The third-order valence-electron chi connectivity index (χ3n) is 5.01. The minimum atomic E-state index is -0.766. The van der Waals surface area contributed by atoms with Gasteiger partial charge < -0.3 is 5.11 Å². The number of benzene rings is 1. The average Bonchev–Trinajstić information content (AvgIpc) is 2.98. The van der Waals surface area contributed by atoms with Crippen molar-refractivity contribution in [2.45, 2.75) is 51.4 Å². The van der Waals surface area contributed by atoms with Gasteiger partial charge in [0.15, 0.2) is 5.78 Å². The van der Waals surface area contributed by atoms with Crippen LogP contribution < -0.4 is 0 Å². The van der Waals surface area contributed by atoms with E-state index in [0.717, 1.165) is 32.1 Å². The summed E-state index contributed by atoms with van der Waals surface area (Å²) < 4.78 is 0. The first-order valence-electron chi connectivity index (χ1n) is 9.30. The van der Waals surface area contributed by atoms with Crippen LogP contribution in [0.25, 0.3) is 0 Å². The summed E-state index contributed by atoms with van der Waals surface area (Å²) >= 11 is 11.8. The molecule has 27 heavy (non-hydrogen) atoms. The molecule has 0 amide bonds. The van der Waals surface area contributed by atoms with Crippen molar-refractivity contribution in [3.8, 4) is 0 Å². The van der Waals surface area contributed by atoms with Crippen LogP contribution >= 0.6 is 23.2 Å². The van der Waals surface area contributed by atoms with Crippen LogP contribution in [0.3, 0.4) is 0 Å². The number of hydrogen-bond donors (Lipinski definition) is 1. The molecule has 1 N–H and O–H groups in total. The molecule has 0 radical (unpaired) electrons. The lowest BCUT2D eigenvalue weighted by atomic mass is 9.89. The van der Waals surface area contributed by atoms with Gasteiger partial charge in [0.05, 0.1) is 10.0 Å². The second-order valence-corrected chi connectivity index (χ2v) is 7.79. The Morgan fingerprint density at radius 3 is 2.56 bits per heavy atom. The van der Waals surface area contributed by atoms with Gasteiger partial charge in [0, 0.05) is 24.3 Å². The first-order valence-corrected chi connectivity index (χ1v) is 10.1. The number of carbonyl (C=O) groups excluding carboxylic acids is 2. The zero-order valence-corrected chi connectivity index (χ0v) is 16.6. The highest BCUT2D eigenvalue weighted by molar-refractivity contribution is 6.42. The van der Waals surface area contributed by atoms with Crippen LogP contribution in [0.5, 0.6) is 0 Å². The van der Waals surface area contributed by atoms with E-state index < -0.39 is 5.97 Å². The number of carboxylic acids is 1. The Morgan fingerprint density at radius 1 is 1.11 bits per heavy atom. The zero-order valence-electron chi connectivity index (χ0n) is 15.1. The molecule has 1 aliphatic carbocycles. The van der Waals surface area contributed by atoms with Crippen molar-refractivity contribution in [1.29, 1.82) is 0 Å². The second kappa shape index (κ2) is 10.6. The maximum atomic E-state index is 12.3. The molecule has 1 aromatic carbocycles. The minimum absolute atomic E-state index is 0.0395. The lowest BCUT2D eigenvalue weighted by Crippen LogP contribution is -2.13. The molecular formula is C21H24Cl2O4. The summed E-state index contributed by atoms with van der Waals surface area (Å²) in [6.45, 7) is 0. The van der Waals surface area contributed by atoms with Gasteiger partial charge in [-0.2, -0.15) is 0 Å². The summed E-state index contributed by atoms with van der Waals surface area (Å²) in [5.41, 5.74) is 0.472. The number of carbonyl (C=O) groups is 3. The molecule has 6 heteroatoms. The summed E-state index contributed by atoms with van der Waals surface area (Å²) in [6, 6.07) is 4.78. The largest absolute Gasteiger partial charge is 0.481 e. The first kappa shape index (κ1) is 21.6. The Bertz CT molecular complexity index is 727. The van der Waals surface area contributed by atoms with E-state index in [4.69, 9.17) is 28.3 Å². The Kier molecular flexibility index (Phi) is 8.52. The molecule has 0 saturated heterocycles. The Morgan fingerprint density at radius 2 is 1.85 bits per heavy atom. The van der Waals surface area contributed by atoms with E-state index in [2.05, 4.69) is 0 Å². The van der Waals surface area contributed by atoms with Gasteiger partial charge in [0.1, 0.15) is 5.78 Å². The van der Waals surface area contributed by atoms with E-state index in [0.29, 0.717) is 28.5 Å². The van der Waals surface area contributed by atoms with Gasteiger partial charge in [-0.05, 0) is 49.5 Å². The summed E-state index contributed by atoms with van der Waals surface area (Å²) in [7, 11) is 0. The van der Waals surface area contributed by atoms with Crippen LogP contribution in [-0.2, 0) is 9.59 Å². The molecule has 1 aliphatic rings. The average molecular weight is 411 g/mol. The van der Waals surface area contributed by atoms with Crippen molar-refractivity contribution in [1.82, 2.24) is 0 Å². The number of ketones is 2. The molecule has 1 saturated carbocycles. The predicted octanol–water partition coefficient (Wildman–Crippen LogP) is 5.75. The van der Waals surface area contributed by atoms with Crippen LogP contribution in [0.1, 0.15) is 61.7 Å². The second-order valence-electron chi connectivity index (χ2n) is 6.97. The zero-order chi connectivity index (χ0) is 19.8. The van der Waals surface area contributed by atoms with Crippen molar-refractivity contribution in [3.05, 3.63) is 46.0 Å². The molecule has 0 aliphatic heterocycles. The molecule has 146 valence electrons. The number of Topliss-reactive ketones (excluding diaryl/α,β-unsaturated/α-hetero) is 1. The monoisotopic (exact) mass is 410 g/mol. The maximum Gasteiger partial charge on any atom is 0.303 e. The van der Waals surface area contributed by atoms with Crippen molar-refractivity contribution in [2.24, 2.45) is 11.8 Å². The molecule has 2 rings (SSSR count). The van der Waals surface area contributed by atoms with E-state index in [1.54, 1.807) is 18.2 Å². The SMILES string of the molecule is O=C(O)CCCCCC[C@@H]1C(=O)CC[C@H]1C=CC(=O)c1ccc(Cl)c(Cl)c1. The minimum Gasteiger partial charge on any atom is -0.481 e. The summed E-state index contributed by atoms with van der Waals surface area (Å²) in [5, 5.41) is 9.38. The fourth-order valence-electron chi connectivity index (χ4n) is 3.49. The third kappa shape index (κ3) is 6.78. The Hall–Kier alpha value is -1.65. The van der Waals surface area contributed by atoms with Gasteiger partial charge in [-0.3, -0.25) is 14.4 Å². The number of rotatable bonds is 10. The number of halogens is 2. The van der Waals surface area contributed by atoms with E-state index in [1.807, 2.05) is 6.08 Å². The van der Waals surface area contributed by atoms with E-state index in [9.17, 15) is 14.4 Å². The first-order chi connectivity index (χ1) is 12.9. The highest BCUT2D eigenvalue weighted by Crippen LogP contribution is 2.34. The predicted molar refractivity (Wildman–Crippen MR) is 106 cm³/mol. The van der Waals surface area contributed by atoms with Crippen LogP contribution in [0, 0.1) is 11.8 Å². The lowest BCUT2D eigenvalue weighted by molar-refractivity contribution is -0.137. The fourth-order valence-corrected chi connectivity index (χ4v) is 3.79. The van der Waals surface area contributed by atoms with Crippen molar-refractivity contribution in [3.63, 3.8) is 0 Å². The van der Waals surface area contributed by atoms with Crippen molar-refractivity contribution < 1.29 is 19.5 Å². The Balaban J connectivity index is 1.85. The van der Waals surface area contributed by atoms with E-state index in [1.165, 1.54) is 6.08 Å². The summed E-state index contributed by atoms with van der Waals surface area (Å²) in [5.74, 6) is -0.610.